The fraction of sp³-hybridized carbons (Fsp3) is 1.00. The van der Waals surface area contributed by atoms with E-state index in [2.05, 4.69) is 24.1 Å². The average Bonchev–Trinajstić information content (AvgIpc) is 3.33. The zero-order valence-electron chi connectivity index (χ0n) is 13.6. The highest BCUT2D eigenvalue weighted by Crippen LogP contribution is 2.37. The maximum atomic E-state index is 3.90. The van der Waals surface area contributed by atoms with Crippen LogP contribution in [0.25, 0.3) is 0 Å². The van der Waals surface area contributed by atoms with Crippen molar-refractivity contribution in [3.8, 4) is 0 Å². The van der Waals surface area contributed by atoms with Gasteiger partial charge in [0, 0.05) is 31.7 Å². The van der Waals surface area contributed by atoms with Crippen molar-refractivity contribution in [2.75, 3.05) is 19.6 Å². The lowest BCUT2D eigenvalue weighted by molar-refractivity contribution is 0.0782. The van der Waals surface area contributed by atoms with Crippen molar-refractivity contribution >= 4 is 0 Å². The normalized spacial score (nSPS) is 35.1. The molecule has 2 heteroatoms. The zero-order valence-corrected chi connectivity index (χ0v) is 13.6. The van der Waals surface area contributed by atoms with Gasteiger partial charge in [0.1, 0.15) is 0 Å². The first-order valence-electron chi connectivity index (χ1n) is 9.25. The molecule has 0 aromatic rings. The summed E-state index contributed by atoms with van der Waals surface area (Å²) in [5, 5.41) is 3.90. The SMILES string of the molecule is CCC1CNC(C2CCCCC2)CN1CC(C)C1CC1. The molecule has 3 atom stereocenters. The third-order valence-electron chi connectivity index (χ3n) is 6.20. The lowest BCUT2D eigenvalue weighted by atomic mass is 9.82. The van der Waals surface area contributed by atoms with E-state index >= 15 is 0 Å². The van der Waals surface area contributed by atoms with Gasteiger partial charge in [-0.2, -0.15) is 0 Å². The molecule has 0 spiro atoms. The van der Waals surface area contributed by atoms with Gasteiger partial charge in [0.2, 0.25) is 0 Å². The molecule has 1 saturated heterocycles. The summed E-state index contributed by atoms with van der Waals surface area (Å²) < 4.78 is 0. The second-order valence-electron chi connectivity index (χ2n) is 7.74. The maximum Gasteiger partial charge on any atom is 0.0224 e. The number of nitrogens with one attached hydrogen (secondary N) is 1. The Balaban J connectivity index is 1.56. The Hall–Kier alpha value is -0.0800. The minimum atomic E-state index is 0.782. The standard InChI is InChI=1S/C18H34N2/c1-3-17-11-19-18(16-7-5-4-6-8-16)13-20(17)12-14(2)15-9-10-15/h14-19H,3-13H2,1-2H3. The largest absolute Gasteiger partial charge is 0.311 e. The van der Waals surface area contributed by atoms with Gasteiger partial charge < -0.3 is 5.32 Å². The number of rotatable bonds is 5. The summed E-state index contributed by atoms with van der Waals surface area (Å²) in [6, 6.07) is 1.57. The van der Waals surface area contributed by atoms with E-state index in [0.717, 1.165) is 29.8 Å². The molecule has 1 N–H and O–H groups in total. The highest BCUT2D eigenvalue weighted by molar-refractivity contribution is 4.92. The first-order valence-corrected chi connectivity index (χ1v) is 9.25. The van der Waals surface area contributed by atoms with Gasteiger partial charge in [-0.05, 0) is 49.9 Å². The second kappa shape index (κ2) is 6.79. The van der Waals surface area contributed by atoms with Gasteiger partial charge in [0.25, 0.3) is 0 Å². The summed E-state index contributed by atoms with van der Waals surface area (Å²) in [5.74, 6) is 2.94. The molecule has 3 fully saturated rings. The molecule has 0 bridgehead atoms. The third-order valence-corrected chi connectivity index (χ3v) is 6.20. The van der Waals surface area contributed by atoms with Gasteiger partial charge in [0.05, 0.1) is 0 Å². The van der Waals surface area contributed by atoms with Crippen molar-refractivity contribution in [2.24, 2.45) is 17.8 Å². The van der Waals surface area contributed by atoms with Crippen LogP contribution in [-0.4, -0.2) is 36.6 Å². The van der Waals surface area contributed by atoms with Gasteiger partial charge in [-0.25, -0.2) is 0 Å². The quantitative estimate of drug-likeness (QED) is 0.825. The summed E-state index contributed by atoms with van der Waals surface area (Å²) in [7, 11) is 0. The van der Waals surface area contributed by atoms with E-state index in [-0.39, 0.29) is 0 Å². The number of nitrogens with zero attached hydrogens (tertiary/aromatic N) is 1. The molecule has 0 aromatic heterocycles. The number of hydrogen-bond acceptors (Lipinski definition) is 2. The van der Waals surface area contributed by atoms with Crippen LogP contribution in [0.5, 0.6) is 0 Å². The molecule has 2 aliphatic carbocycles. The van der Waals surface area contributed by atoms with Crippen LogP contribution in [0, 0.1) is 17.8 Å². The third kappa shape index (κ3) is 3.57. The zero-order chi connectivity index (χ0) is 13.9. The molecule has 116 valence electrons. The first kappa shape index (κ1) is 14.8. The van der Waals surface area contributed by atoms with Crippen LogP contribution in [0.1, 0.15) is 65.2 Å². The number of piperazine rings is 1. The topological polar surface area (TPSA) is 15.3 Å². The lowest BCUT2D eigenvalue weighted by Gasteiger charge is -2.44. The molecule has 1 aliphatic heterocycles. The predicted molar refractivity (Wildman–Crippen MR) is 85.9 cm³/mol. The molecular formula is C18H34N2. The Morgan fingerprint density at radius 3 is 2.50 bits per heavy atom. The predicted octanol–water partition coefficient (Wildman–Crippen LogP) is 3.67. The number of hydrogen-bond donors (Lipinski definition) is 1. The lowest BCUT2D eigenvalue weighted by Crippen LogP contribution is -2.59. The molecule has 0 radical (unpaired) electrons. The van der Waals surface area contributed by atoms with Gasteiger partial charge in [-0.3, -0.25) is 4.90 Å². The molecule has 2 nitrogen and oxygen atoms in total. The highest BCUT2D eigenvalue weighted by atomic mass is 15.2. The first-order chi connectivity index (χ1) is 9.78. The van der Waals surface area contributed by atoms with Gasteiger partial charge in [-0.15, -0.1) is 0 Å². The molecule has 0 aromatic carbocycles. The van der Waals surface area contributed by atoms with Gasteiger partial charge in [0.15, 0.2) is 0 Å². The fourth-order valence-corrected chi connectivity index (χ4v) is 4.55. The van der Waals surface area contributed by atoms with E-state index < -0.39 is 0 Å². The second-order valence-corrected chi connectivity index (χ2v) is 7.74. The van der Waals surface area contributed by atoms with Crippen molar-refractivity contribution in [1.82, 2.24) is 10.2 Å². The smallest absolute Gasteiger partial charge is 0.0224 e. The summed E-state index contributed by atoms with van der Waals surface area (Å²) in [6.45, 7) is 8.76. The van der Waals surface area contributed by atoms with E-state index in [1.54, 1.807) is 0 Å². The Kier molecular flexibility index (Phi) is 5.04. The van der Waals surface area contributed by atoms with E-state index in [9.17, 15) is 0 Å². The van der Waals surface area contributed by atoms with Crippen LogP contribution in [0.3, 0.4) is 0 Å². The van der Waals surface area contributed by atoms with Gasteiger partial charge in [-0.1, -0.05) is 33.1 Å². The van der Waals surface area contributed by atoms with E-state index in [4.69, 9.17) is 0 Å². The molecule has 1 heterocycles. The summed E-state index contributed by atoms with van der Waals surface area (Å²) >= 11 is 0. The van der Waals surface area contributed by atoms with Crippen molar-refractivity contribution in [3.05, 3.63) is 0 Å². The minimum absolute atomic E-state index is 0.782. The van der Waals surface area contributed by atoms with Crippen LogP contribution in [0.15, 0.2) is 0 Å². The molecule has 3 aliphatic rings. The summed E-state index contributed by atoms with van der Waals surface area (Å²) in [6.07, 6.45) is 11.7. The van der Waals surface area contributed by atoms with E-state index in [0.29, 0.717) is 0 Å². The Bertz CT molecular complexity index is 294. The van der Waals surface area contributed by atoms with E-state index in [1.165, 1.54) is 71.0 Å². The summed E-state index contributed by atoms with van der Waals surface area (Å²) in [4.78, 5) is 2.85. The highest BCUT2D eigenvalue weighted by Gasteiger charge is 2.35. The van der Waals surface area contributed by atoms with Crippen LogP contribution >= 0.6 is 0 Å². The molecule has 3 rings (SSSR count). The van der Waals surface area contributed by atoms with Crippen LogP contribution in [0.4, 0.5) is 0 Å². The van der Waals surface area contributed by atoms with Crippen molar-refractivity contribution in [3.63, 3.8) is 0 Å². The molecule has 20 heavy (non-hydrogen) atoms. The molecule has 0 amide bonds. The molecular weight excluding hydrogens is 244 g/mol. The fourth-order valence-electron chi connectivity index (χ4n) is 4.55. The van der Waals surface area contributed by atoms with E-state index in [1.807, 2.05) is 0 Å². The Labute approximate surface area is 125 Å². The molecule has 2 saturated carbocycles. The van der Waals surface area contributed by atoms with Crippen LogP contribution in [0.2, 0.25) is 0 Å². The van der Waals surface area contributed by atoms with Crippen LogP contribution in [-0.2, 0) is 0 Å². The van der Waals surface area contributed by atoms with Crippen molar-refractivity contribution in [1.29, 1.82) is 0 Å². The average molecular weight is 278 g/mol. The Morgan fingerprint density at radius 2 is 1.85 bits per heavy atom. The van der Waals surface area contributed by atoms with Crippen molar-refractivity contribution in [2.45, 2.75) is 77.3 Å². The van der Waals surface area contributed by atoms with Gasteiger partial charge >= 0.3 is 0 Å². The monoisotopic (exact) mass is 278 g/mol. The van der Waals surface area contributed by atoms with Crippen LogP contribution < -0.4 is 5.32 Å². The Morgan fingerprint density at radius 1 is 1.10 bits per heavy atom. The molecule has 3 unspecified atom stereocenters. The summed E-state index contributed by atoms with van der Waals surface area (Å²) in [5.41, 5.74) is 0. The van der Waals surface area contributed by atoms with Crippen molar-refractivity contribution < 1.29 is 0 Å². The minimum Gasteiger partial charge on any atom is -0.311 e. The maximum absolute atomic E-state index is 3.90.